The van der Waals surface area contributed by atoms with Crippen LogP contribution in [0.5, 0.6) is 5.75 Å². The van der Waals surface area contributed by atoms with Crippen molar-refractivity contribution in [3.63, 3.8) is 0 Å². The smallest absolute Gasteiger partial charge is 0.411 e. The lowest BCUT2D eigenvalue weighted by Crippen LogP contribution is -2.56. The quantitative estimate of drug-likeness (QED) is 0.658. The predicted molar refractivity (Wildman–Crippen MR) is 117 cm³/mol. The Kier molecular flexibility index (Phi) is 6.72. The van der Waals surface area contributed by atoms with Crippen molar-refractivity contribution in [2.75, 3.05) is 0 Å². The van der Waals surface area contributed by atoms with Crippen LogP contribution in [-0.2, 0) is 33.7 Å². The number of ether oxygens (including phenoxy) is 1. The molecule has 1 aliphatic heterocycles. The van der Waals surface area contributed by atoms with Crippen molar-refractivity contribution in [3.8, 4) is 5.75 Å². The molecule has 2 amide bonds. The average Bonchev–Trinajstić information content (AvgIpc) is 2.72. The number of hydrogen-bond donors (Lipinski definition) is 3. The SMILES string of the molecule is CC(C)(C)OC(=O)N1Cc2ccccc2C[C@H]1C(=O)N[C@@H](Cc1ccc(O)cc1)C(=O)O. The van der Waals surface area contributed by atoms with Crippen molar-refractivity contribution in [3.05, 3.63) is 65.2 Å². The number of carbonyl (C=O) groups is 3. The Hall–Kier alpha value is -3.55. The van der Waals surface area contributed by atoms with E-state index in [0.29, 0.717) is 5.56 Å². The molecule has 0 saturated heterocycles. The predicted octanol–water partition coefficient (Wildman–Crippen LogP) is 2.87. The number of carbonyl (C=O) groups excluding carboxylic acids is 2. The van der Waals surface area contributed by atoms with E-state index in [2.05, 4.69) is 5.32 Å². The third-order valence-corrected chi connectivity index (χ3v) is 5.17. The van der Waals surface area contributed by atoms with Crippen LogP contribution in [0.1, 0.15) is 37.5 Å². The van der Waals surface area contributed by atoms with Gasteiger partial charge in [-0.05, 0) is 49.6 Å². The fourth-order valence-electron chi connectivity index (χ4n) is 3.61. The van der Waals surface area contributed by atoms with Gasteiger partial charge in [-0.2, -0.15) is 0 Å². The highest BCUT2D eigenvalue weighted by Crippen LogP contribution is 2.25. The summed E-state index contributed by atoms with van der Waals surface area (Å²) in [5, 5.41) is 21.7. The molecule has 0 bridgehead atoms. The molecule has 1 aliphatic rings. The molecule has 2 aromatic rings. The maximum Gasteiger partial charge on any atom is 0.411 e. The molecule has 0 radical (unpaired) electrons. The van der Waals surface area contributed by atoms with E-state index in [4.69, 9.17) is 4.74 Å². The van der Waals surface area contributed by atoms with Crippen LogP contribution in [0.4, 0.5) is 4.79 Å². The standard InChI is InChI=1S/C24H28N2O6/c1-24(2,3)32-23(31)26-14-17-7-5-4-6-16(17)13-20(26)21(28)25-19(22(29)30)12-15-8-10-18(27)11-9-15/h4-11,19-20,27H,12-14H2,1-3H3,(H,25,28)(H,29,30)/t19-,20-/m0/s1. The summed E-state index contributed by atoms with van der Waals surface area (Å²) in [6.07, 6.45) is -0.332. The highest BCUT2D eigenvalue weighted by molar-refractivity contribution is 5.90. The number of carboxylic acids is 1. The molecule has 8 heteroatoms. The van der Waals surface area contributed by atoms with Crippen LogP contribution >= 0.6 is 0 Å². The summed E-state index contributed by atoms with van der Waals surface area (Å²) in [5.41, 5.74) is 1.75. The Morgan fingerprint density at radius 3 is 2.31 bits per heavy atom. The zero-order chi connectivity index (χ0) is 23.5. The van der Waals surface area contributed by atoms with E-state index in [1.807, 2.05) is 24.3 Å². The minimum Gasteiger partial charge on any atom is -0.508 e. The molecule has 3 rings (SSSR count). The van der Waals surface area contributed by atoms with Crippen LogP contribution in [0.2, 0.25) is 0 Å². The van der Waals surface area contributed by atoms with E-state index < -0.39 is 35.7 Å². The molecule has 0 unspecified atom stereocenters. The number of hydrogen-bond acceptors (Lipinski definition) is 5. The molecule has 0 aliphatic carbocycles. The molecular weight excluding hydrogens is 412 g/mol. The van der Waals surface area contributed by atoms with Gasteiger partial charge >= 0.3 is 12.1 Å². The van der Waals surface area contributed by atoms with Gasteiger partial charge in [-0.1, -0.05) is 36.4 Å². The first kappa shape index (κ1) is 23.1. The number of nitrogens with zero attached hydrogens (tertiary/aromatic N) is 1. The van der Waals surface area contributed by atoms with E-state index in [-0.39, 0.29) is 25.1 Å². The Bertz CT molecular complexity index is 996. The van der Waals surface area contributed by atoms with E-state index in [1.165, 1.54) is 17.0 Å². The van der Waals surface area contributed by atoms with Crippen LogP contribution in [0, 0.1) is 0 Å². The average molecular weight is 440 g/mol. The van der Waals surface area contributed by atoms with Gasteiger partial charge in [0.05, 0.1) is 6.54 Å². The van der Waals surface area contributed by atoms with Crippen LogP contribution in [0.3, 0.4) is 0 Å². The summed E-state index contributed by atoms with van der Waals surface area (Å²) < 4.78 is 5.50. The normalized spacial score (nSPS) is 16.6. The number of phenolic OH excluding ortho intramolecular Hbond substituents is 1. The number of fused-ring (bicyclic) bond motifs is 1. The first-order valence-electron chi connectivity index (χ1n) is 10.4. The van der Waals surface area contributed by atoms with Gasteiger partial charge in [0.15, 0.2) is 0 Å². The molecule has 0 fully saturated rings. The molecule has 0 saturated carbocycles. The van der Waals surface area contributed by atoms with Crippen molar-refractivity contribution >= 4 is 18.0 Å². The number of carboxylic acid groups (broad SMARTS) is 1. The number of rotatable bonds is 5. The zero-order valence-corrected chi connectivity index (χ0v) is 18.4. The minimum atomic E-state index is -1.19. The van der Waals surface area contributed by atoms with Gasteiger partial charge in [-0.25, -0.2) is 9.59 Å². The topological polar surface area (TPSA) is 116 Å². The van der Waals surface area contributed by atoms with E-state index >= 15 is 0 Å². The minimum absolute atomic E-state index is 0.0388. The second-order valence-electron chi connectivity index (χ2n) is 8.87. The molecule has 3 N–H and O–H groups in total. The van der Waals surface area contributed by atoms with E-state index in [9.17, 15) is 24.6 Å². The van der Waals surface area contributed by atoms with Gasteiger partial charge in [0, 0.05) is 12.8 Å². The number of amides is 2. The van der Waals surface area contributed by atoms with Crippen LogP contribution in [0.25, 0.3) is 0 Å². The molecular formula is C24H28N2O6. The lowest BCUT2D eigenvalue weighted by molar-refractivity contribution is -0.142. The first-order chi connectivity index (χ1) is 15.0. The molecule has 0 aromatic heterocycles. The lowest BCUT2D eigenvalue weighted by Gasteiger charge is -2.37. The number of nitrogens with one attached hydrogen (secondary N) is 1. The Morgan fingerprint density at radius 2 is 1.72 bits per heavy atom. The van der Waals surface area contributed by atoms with Crippen molar-refractivity contribution < 1.29 is 29.3 Å². The summed E-state index contributed by atoms with van der Waals surface area (Å²) in [6.45, 7) is 5.43. The molecule has 2 aromatic carbocycles. The summed E-state index contributed by atoms with van der Waals surface area (Å²) in [6, 6.07) is 11.5. The molecule has 32 heavy (non-hydrogen) atoms. The molecule has 170 valence electrons. The van der Waals surface area contributed by atoms with Crippen molar-refractivity contribution in [1.29, 1.82) is 0 Å². The second-order valence-corrected chi connectivity index (χ2v) is 8.87. The first-order valence-corrected chi connectivity index (χ1v) is 10.4. The number of benzene rings is 2. The van der Waals surface area contributed by atoms with Gasteiger partial charge < -0.3 is 20.3 Å². The zero-order valence-electron chi connectivity index (χ0n) is 18.4. The molecule has 0 spiro atoms. The summed E-state index contributed by atoms with van der Waals surface area (Å²) in [4.78, 5) is 39.2. The fourth-order valence-corrected chi connectivity index (χ4v) is 3.61. The second kappa shape index (κ2) is 9.30. The summed E-state index contributed by atoms with van der Waals surface area (Å²) in [5.74, 6) is -1.68. The highest BCUT2D eigenvalue weighted by Gasteiger charge is 2.38. The number of aromatic hydroxyl groups is 1. The number of phenols is 1. The molecule has 2 atom stereocenters. The largest absolute Gasteiger partial charge is 0.508 e. The summed E-state index contributed by atoms with van der Waals surface area (Å²) >= 11 is 0. The third kappa shape index (κ3) is 5.78. The van der Waals surface area contributed by atoms with E-state index in [0.717, 1.165) is 11.1 Å². The Labute approximate surface area is 186 Å². The van der Waals surface area contributed by atoms with Crippen LogP contribution in [0.15, 0.2) is 48.5 Å². The van der Waals surface area contributed by atoms with Gasteiger partial charge in [-0.15, -0.1) is 0 Å². The monoisotopic (exact) mass is 440 g/mol. The Balaban J connectivity index is 1.82. The van der Waals surface area contributed by atoms with Gasteiger partial charge in [0.2, 0.25) is 5.91 Å². The van der Waals surface area contributed by atoms with E-state index in [1.54, 1.807) is 32.9 Å². The fraction of sp³-hybridized carbons (Fsp3) is 0.375. The van der Waals surface area contributed by atoms with Crippen molar-refractivity contribution in [2.24, 2.45) is 0 Å². The maximum atomic E-state index is 13.2. The third-order valence-electron chi connectivity index (χ3n) is 5.17. The maximum absolute atomic E-state index is 13.2. The molecule has 8 nitrogen and oxygen atoms in total. The van der Waals surface area contributed by atoms with Crippen LogP contribution < -0.4 is 5.32 Å². The summed E-state index contributed by atoms with van der Waals surface area (Å²) in [7, 11) is 0. The molecule has 1 heterocycles. The lowest BCUT2D eigenvalue weighted by atomic mass is 9.93. The van der Waals surface area contributed by atoms with Gasteiger partial charge in [0.1, 0.15) is 23.4 Å². The van der Waals surface area contributed by atoms with Gasteiger partial charge in [-0.3, -0.25) is 9.69 Å². The van der Waals surface area contributed by atoms with Gasteiger partial charge in [0.25, 0.3) is 0 Å². The van der Waals surface area contributed by atoms with Crippen LogP contribution in [-0.4, -0.2) is 50.8 Å². The Morgan fingerprint density at radius 1 is 1.09 bits per heavy atom. The van der Waals surface area contributed by atoms with Crippen molar-refractivity contribution in [2.45, 2.75) is 57.8 Å². The van der Waals surface area contributed by atoms with Crippen molar-refractivity contribution in [1.82, 2.24) is 10.2 Å². The highest BCUT2D eigenvalue weighted by atomic mass is 16.6. The number of aliphatic carboxylic acids is 1.